The van der Waals surface area contributed by atoms with E-state index in [0.717, 1.165) is 26.1 Å². The second-order valence-electron chi connectivity index (χ2n) is 4.38. The van der Waals surface area contributed by atoms with Crippen molar-refractivity contribution in [3.8, 4) is 0 Å². The van der Waals surface area contributed by atoms with E-state index < -0.39 is 0 Å². The number of hydrogen-bond acceptors (Lipinski definition) is 2. The van der Waals surface area contributed by atoms with Gasteiger partial charge in [0, 0.05) is 13.0 Å². The molecular formula is C11H22N2O. The van der Waals surface area contributed by atoms with E-state index in [1.54, 1.807) is 0 Å². The Balaban J connectivity index is 2.08. The third kappa shape index (κ3) is 4.09. The molecule has 0 saturated carbocycles. The lowest BCUT2D eigenvalue weighted by Crippen LogP contribution is -2.31. The molecule has 0 aromatic rings. The number of amides is 1. The summed E-state index contributed by atoms with van der Waals surface area (Å²) in [5.74, 6) is 1.37. The zero-order valence-electron chi connectivity index (χ0n) is 9.31. The standard InChI is InChI=1S/C11H22N2O/c1-3-9(2)6-11(14)13-8-10-4-5-12-7-10/h9-10,12H,3-8H2,1-2H3,(H,13,14). The Hall–Kier alpha value is -0.570. The van der Waals surface area contributed by atoms with Crippen molar-refractivity contribution < 1.29 is 4.79 Å². The molecule has 2 N–H and O–H groups in total. The molecule has 3 nitrogen and oxygen atoms in total. The minimum Gasteiger partial charge on any atom is -0.356 e. The summed E-state index contributed by atoms with van der Waals surface area (Å²) in [4.78, 5) is 11.4. The molecular weight excluding hydrogens is 176 g/mol. The number of hydrogen-bond donors (Lipinski definition) is 2. The Bertz CT molecular complexity index is 176. The highest BCUT2D eigenvalue weighted by molar-refractivity contribution is 5.76. The predicted octanol–water partition coefficient (Wildman–Crippen LogP) is 1.15. The maximum absolute atomic E-state index is 11.4. The monoisotopic (exact) mass is 198 g/mol. The lowest BCUT2D eigenvalue weighted by atomic mass is 10.0. The van der Waals surface area contributed by atoms with Crippen LogP contribution in [0.25, 0.3) is 0 Å². The second-order valence-corrected chi connectivity index (χ2v) is 4.38. The summed E-state index contributed by atoms with van der Waals surface area (Å²) >= 11 is 0. The third-order valence-corrected chi connectivity index (χ3v) is 2.98. The Labute approximate surface area is 86.6 Å². The molecule has 1 amide bonds. The zero-order valence-corrected chi connectivity index (χ0v) is 9.31. The van der Waals surface area contributed by atoms with Gasteiger partial charge in [0.15, 0.2) is 0 Å². The van der Waals surface area contributed by atoms with Crippen LogP contribution in [-0.4, -0.2) is 25.5 Å². The summed E-state index contributed by atoms with van der Waals surface area (Å²) in [7, 11) is 0. The summed E-state index contributed by atoms with van der Waals surface area (Å²) in [6, 6.07) is 0. The summed E-state index contributed by atoms with van der Waals surface area (Å²) in [6.07, 6.45) is 2.96. The molecule has 0 radical (unpaired) electrons. The van der Waals surface area contributed by atoms with E-state index in [9.17, 15) is 4.79 Å². The Morgan fingerprint density at radius 1 is 1.64 bits per heavy atom. The van der Waals surface area contributed by atoms with E-state index in [1.165, 1.54) is 6.42 Å². The van der Waals surface area contributed by atoms with E-state index >= 15 is 0 Å². The molecule has 0 aromatic heterocycles. The van der Waals surface area contributed by atoms with Crippen molar-refractivity contribution in [3.63, 3.8) is 0 Å². The summed E-state index contributed by atoms with van der Waals surface area (Å²) in [6.45, 7) is 7.26. The van der Waals surface area contributed by atoms with Crippen LogP contribution in [-0.2, 0) is 4.79 Å². The van der Waals surface area contributed by atoms with Crippen LogP contribution < -0.4 is 10.6 Å². The highest BCUT2D eigenvalue weighted by Gasteiger charge is 2.15. The summed E-state index contributed by atoms with van der Waals surface area (Å²) in [5, 5.41) is 6.31. The molecule has 0 aromatic carbocycles. The highest BCUT2D eigenvalue weighted by Crippen LogP contribution is 2.08. The molecule has 1 aliphatic rings. The second kappa shape index (κ2) is 6.02. The van der Waals surface area contributed by atoms with Crippen LogP contribution in [0, 0.1) is 11.8 Å². The molecule has 14 heavy (non-hydrogen) atoms. The molecule has 1 fully saturated rings. The average molecular weight is 198 g/mol. The lowest BCUT2D eigenvalue weighted by Gasteiger charge is -2.12. The van der Waals surface area contributed by atoms with Gasteiger partial charge in [0.05, 0.1) is 0 Å². The minimum absolute atomic E-state index is 0.214. The Morgan fingerprint density at radius 3 is 3.00 bits per heavy atom. The third-order valence-electron chi connectivity index (χ3n) is 2.98. The molecule has 1 rings (SSSR count). The van der Waals surface area contributed by atoms with Gasteiger partial charge in [-0.2, -0.15) is 0 Å². The van der Waals surface area contributed by atoms with Crippen LogP contribution in [0.15, 0.2) is 0 Å². The fourth-order valence-corrected chi connectivity index (χ4v) is 1.68. The van der Waals surface area contributed by atoms with E-state index in [0.29, 0.717) is 18.3 Å². The van der Waals surface area contributed by atoms with Gasteiger partial charge in [-0.25, -0.2) is 0 Å². The molecule has 82 valence electrons. The van der Waals surface area contributed by atoms with Crippen LogP contribution in [0.1, 0.15) is 33.1 Å². The Morgan fingerprint density at radius 2 is 2.43 bits per heavy atom. The van der Waals surface area contributed by atoms with Crippen LogP contribution in [0.4, 0.5) is 0 Å². The van der Waals surface area contributed by atoms with Crippen molar-refractivity contribution in [2.75, 3.05) is 19.6 Å². The zero-order chi connectivity index (χ0) is 10.4. The quantitative estimate of drug-likeness (QED) is 0.696. The highest BCUT2D eigenvalue weighted by atomic mass is 16.1. The summed E-state index contributed by atoms with van der Waals surface area (Å²) < 4.78 is 0. The average Bonchev–Trinajstić information content (AvgIpc) is 2.67. The van der Waals surface area contributed by atoms with Gasteiger partial charge >= 0.3 is 0 Å². The maximum atomic E-state index is 11.4. The van der Waals surface area contributed by atoms with Gasteiger partial charge in [0.2, 0.25) is 5.91 Å². The number of carbonyl (C=O) groups is 1. The number of rotatable bonds is 5. The van der Waals surface area contributed by atoms with Crippen molar-refractivity contribution in [1.82, 2.24) is 10.6 Å². The van der Waals surface area contributed by atoms with Gasteiger partial charge in [0.1, 0.15) is 0 Å². The van der Waals surface area contributed by atoms with Crippen LogP contribution in [0.2, 0.25) is 0 Å². The van der Waals surface area contributed by atoms with E-state index in [1.807, 2.05) is 0 Å². The minimum atomic E-state index is 0.214. The lowest BCUT2D eigenvalue weighted by molar-refractivity contribution is -0.122. The van der Waals surface area contributed by atoms with E-state index in [4.69, 9.17) is 0 Å². The van der Waals surface area contributed by atoms with E-state index in [-0.39, 0.29) is 5.91 Å². The molecule has 2 atom stereocenters. The SMILES string of the molecule is CCC(C)CC(=O)NCC1CCNC1. The van der Waals surface area contributed by atoms with Crippen molar-refractivity contribution in [1.29, 1.82) is 0 Å². The molecule has 1 saturated heterocycles. The van der Waals surface area contributed by atoms with Crippen molar-refractivity contribution in [2.45, 2.75) is 33.1 Å². The first-order chi connectivity index (χ1) is 6.72. The predicted molar refractivity (Wildman–Crippen MR) is 58.1 cm³/mol. The maximum Gasteiger partial charge on any atom is 0.220 e. The first-order valence-corrected chi connectivity index (χ1v) is 5.69. The smallest absolute Gasteiger partial charge is 0.220 e. The normalized spacial score (nSPS) is 23.4. The van der Waals surface area contributed by atoms with Crippen molar-refractivity contribution >= 4 is 5.91 Å². The van der Waals surface area contributed by atoms with Gasteiger partial charge in [0.25, 0.3) is 0 Å². The first-order valence-electron chi connectivity index (χ1n) is 5.69. The number of carbonyl (C=O) groups excluding carboxylic acids is 1. The van der Waals surface area contributed by atoms with Gasteiger partial charge in [-0.05, 0) is 31.3 Å². The van der Waals surface area contributed by atoms with E-state index in [2.05, 4.69) is 24.5 Å². The van der Waals surface area contributed by atoms with Crippen LogP contribution in [0.3, 0.4) is 0 Å². The number of nitrogens with one attached hydrogen (secondary N) is 2. The summed E-state index contributed by atoms with van der Waals surface area (Å²) in [5.41, 5.74) is 0. The van der Waals surface area contributed by atoms with Gasteiger partial charge < -0.3 is 10.6 Å². The van der Waals surface area contributed by atoms with Gasteiger partial charge in [-0.1, -0.05) is 20.3 Å². The van der Waals surface area contributed by atoms with Gasteiger partial charge in [-0.15, -0.1) is 0 Å². The van der Waals surface area contributed by atoms with Crippen molar-refractivity contribution in [2.24, 2.45) is 11.8 Å². The molecule has 0 aliphatic carbocycles. The molecule has 0 spiro atoms. The molecule has 0 bridgehead atoms. The molecule has 1 aliphatic heterocycles. The first kappa shape index (κ1) is 11.5. The Kier molecular flexibility index (Phi) is 4.94. The largest absolute Gasteiger partial charge is 0.356 e. The fourth-order valence-electron chi connectivity index (χ4n) is 1.68. The molecule has 3 heteroatoms. The topological polar surface area (TPSA) is 41.1 Å². The van der Waals surface area contributed by atoms with Crippen LogP contribution in [0.5, 0.6) is 0 Å². The van der Waals surface area contributed by atoms with Crippen molar-refractivity contribution in [3.05, 3.63) is 0 Å². The van der Waals surface area contributed by atoms with Crippen LogP contribution >= 0.6 is 0 Å². The fraction of sp³-hybridized carbons (Fsp3) is 0.909. The molecule has 1 heterocycles. The molecule has 2 unspecified atom stereocenters. The van der Waals surface area contributed by atoms with Gasteiger partial charge in [-0.3, -0.25) is 4.79 Å².